The number of carbonyl (C=O) groups excluding carboxylic acids is 2. The van der Waals surface area contributed by atoms with Gasteiger partial charge in [0.25, 0.3) is 11.7 Å². The summed E-state index contributed by atoms with van der Waals surface area (Å²) in [6, 6.07) is 7.93. The monoisotopic (exact) mass is 291 g/mol. The normalized spacial score (nSPS) is 13.8. The molecule has 0 atom stereocenters. The van der Waals surface area contributed by atoms with Crippen molar-refractivity contribution in [2.24, 2.45) is 0 Å². The quantitative estimate of drug-likeness (QED) is 0.630. The van der Waals surface area contributed by atoms with Gasteiger partial charge < -0.3 is 4.90 Å². The van der Waals surface area contributed by atoms with Crippen molar-refractivity contribution >= 4 is 17.4 Å². The molecular weight excluding hydrogens is 283 g/mol. The van der Waals surface area contributed by atoms with E-state index in [-0.39, 0.29) is 17.7 Å². The lowest BCUT2D eigenvalue weighted by Gasteiger charge is -2.16. The van der Waals surface area contributed by atoms with Crippen molar-refractivity contribution in [3.05, 3.63) is 65.0 Å². The van der Waals surface area contributed by atoms with Gasteiger partial charge in [-0.05, 0) is 29.8 Å². The highest BCUT2D eigenvalue weighted by Crippen LogP contribution is 2.30. The Morgan fingerprint density at radius 2 is 1.57 bits per heavy atom. The number of amides is 1. The fraction of sp³-hybridized carbons (Fsp3) is 0.0667. The molecule has 6 heteroatoms. The van der Waals surface area contributed by atoms with Crippen LogP contribution in [0.3, 0.4) is 0 Å². The molecule has 0 N–H and O–H groups in total. The Bertz CT molecular complexity index is 750. The number of para-hydroxylation sites is 1. The van der Waals surface area contributed by atoms with Crippen LogP contribution in [0.5, 0.6) is 0 Å². The van der Waals surface area contributed by atoms with Crippen LogP contribution in [0.2, 0.25) is 0 Å². The van der Waals surface area contributed by atoms with Gasteiger partial charge >= 0.3 is 0 Å². The van der Waals surface area contributed by atoms with E-state index < -0.39 is 29.1 Å². The Morgan fingerprint density at radius 3 is 2.24 bits per heavy atom. The molecule has 0 saturated carbocycles. The van der Waals surface area contributed by atoms with Crippen molar-refractivity contribution in [1.29, 1.82) is 0 Å². The van der Waals surface area contributed by atoms with Gasteiger partial charge in [0, 0.05) is 0 Å². The predicted octanol–water partition coefficient (Wildman–Crippen LogP) is 2.83. The first-order valence-corrected chi connectivity index (χ1v) is 6.07. The van der Waals surface area contributed by atoms with Crippen LogP contribution in [0.15, 0.2) is 36.4 Å². The van der Waals surface area contributed by atoms with Crippen molar-refractivity contribution in [2.75, 3.05) is 4.90 Å². The molecule has 1 amide bonds. The molecule has 0 spiro atoms. The first-order chi connectivity index (χ1) is 9.99. The smallest absolute Gasteiger partial charge is 0.299 e. The second-order valence-electron chi connectivity index (χ2n) is 4.61. The SMILES string of the molecule is O=C1C(=O)N(Cc2cc(F)c(F)c(F)c2)c2ccccc21. The van der Waals surface area contributed by atoms with Gasteiger partial charge in [0.05, 0.1) is 17.8 Å². The van der Waals surface area contributed by atoms with E-state index in [0.29, 0.717) is 5.69 Å². The largest absolute Gasteiger partial charge is 0.300 e. The minimum atomic E-state index is -1.57. The molecule has 106 valence electrons. The summed E-state index contributed by atoms with van der Waals surface area (Å²) in [5, 5.41) is 0. The Kier molecular flexibility index (Phi) is 3.01. The number of halogens is 3. The van der Waals surface area contributed by atoms with Crippen molar-refractivity contribution in [3.63, 3.8) is 0 Å². The lowest BCUT2D eigenvalue weighted by Crippen LogP contribution is -2.29. The number of rotatable bonds is 2. The number of anilines is 1. The van der Waals surface area contributed by atoms with Gasteiger partial charge in [0.15, 0.2) is 17.5 Å². The molecule has 1 aliphatic heterocycles. The Morgan fingerprint density at radius 1 is 0.952 bits per heavy atom. The minimum absolute atomic E-state index is 0.0595. The third-order valence-electron chi connectivity index (χ3n) is 3.26. The minimum Gasteiger partial charge on any atom is -0.300 e. The fourth-order valence-corrected chi connectivity index (χ4v) is 2.29. The zero-order valence-corrected chi connectivity index (χ0v) is 10.6. The maximum absolute atomic E-state index is 13.2. The number of nitrogens with zero attached hydrogens (tertiary/aromatic N) is 1. The molecule has 2 aromatic rings. The lowest BCUT2D eigenvalue weighted by molar-refractivity contribution is -0.114. The number of hydrogen-bond acceptors (Lipinski definition) is 2. The summed E-state index contributed by atoms with van der Waals surface area (Å²) in [6.07, 6.45) is 0. The Hall–Kier alpha value is -2.63. The third-order valence-corrected chi connectivity index (χ3v) is 3.26. The number of carbonyl (C=O) groups is 2. The highest BCUT2D eigenvalue weighted by atomic mass is 19.2. The van der Waals surface area contributed by atoms with E-state index in [2.05, 4.69) is 0 Å². The van der Waals surface area contributed by atoms with Crippen LogP contribution in [-0.4, -0.2) is 11.7 Å². The van der Waals surface area contributed by atoms with Crippen LogP contribution in [-0.2, 0) is 11.3 Å². The molecule has 0 unspecified atom stereocenters. The van der Waals surface area contributed by atoms with Crippen LogP contribution in [0.1, 0.15) is 15.9 Å². The molecule has 2 aromatic carbocycles. The molecule has 3 rings (SSSR count). The first-order valence-electron chi connectivity index (χ1n) is 6.07. The zero-order chi connectivity index (χ0) is 15.1. The summed E-state index contributed by atoms with van der Waals surface area (Å²) < 4.78 is 39.3. The molecule has 0 aliphatic carbocycles. The van der Waals surface area contributed by atoms with Crippen molar-refractivity contribution in [1.82, 2.24) is 0 Å². The van der Waals surface area contributed by atoms with Gasteiger partial charge in [-0.25, -0.2) is 13.2 Å². The van der Waals surface area contributed by atoms with Crippen LogP contribution in [0.4, 0.5) is 18.9 Å². The number of Topliss-reactive ketones (excluding diaryl/α,β-unsaturated/α-hetero) is 1. The molecule has 0 fully saturated rings. The summed E-state index contributed by atoms with van der Waals surface area (Å²) in [5.41, 5.74) is 0.674. The van der Waals surface area contributed by atoms with Gasteiger partial charge in [-0.2, -0.15) is 0 Å². The summed E-state index contributed by atoms with van der Waals surface area (Å²) in [5.74, 6) is -5.69. The maximum Gasteiger partial charge on any atom is 0.299 e. The van der Waals surface area contributed by atoms with E-state index in [0.717, 1.165) is 17.0 Å². The van der Waals surface area contributed by atoms with Gasteiger partial charge in [-0.3, -0.25) is 9.59 Å². The van der Waals surface area contributed by atoms with Gasteiger partial charge in [-0.15, -0.1) is 0 Å². The number of fused-ring (bicyclic) bond motifs is 1. The second-order valence-corrected chi connectivity index (χ2v) is 4.61. The molecule has 1 aliphatic rings. The van der Waals surface area contributed by atoms with Crippen LogP contribution < -0.4 is 4.90 Å². The average molecular weight is 291 g/mol. The lowest BCUT2D eigenvalue weighted by atomic mass is 10.1. The van der Waals surface area contributed by atoms with Crippen molar-refractivity contribution in [2.45, 2.75) is 6.54 Å². The highest BCUT2D eigenvalue weighted by molar-refractivity contribution is 6.52. The molecule has 0 radical (unpaired) electrons. The van der Waals surface area contributed by atoms with Crippen LogP contribution in [0, 0.1) is 17.5 Å². The highest BCUT2D eigenvalue weighted by Gasteiger charge is 2.35. The molecule has 0 saturated heterocycles. The van der Waals surface area contributed by atoms with Gasteiger partial charge in [-0.1, -0.05) is 12.1 Å². The van der Waals surface area contributed by atoms with E-state index in [1.54, 1.807) is 18.2 Å². The molecule has 1 heterocycles. The summed E-state index contributed by atoms with van der Waals surface area (Å²) in [7, 11) is 0. The number of ketones is 1. The maximum atomic E-state index is 13.2. The van der Waals surface area contributed by atoms with Crippen LogP contribution >= 0.6 is 0 Å². The second kappa shape index (κ2) is 4.73. The van der Waals surface area contributed by atoms with E-state index in [1.807, 2.05) is 0 Å². The van der Waals surface area contributed by atoms with Crippen LogP contribution in [0.25, 0.3) is 0 Å². The predicted molar refractivity (Wildman–Crippen MR) is 68.3 cm³/mol. The Balaban J connectivity index is 1.99. The van der Waals surface area contributed by atoms with E-state index >= 15 is 0 Å². The summed E-state index contributed by atoms with van der Waals surface area (Å²) in [6.45, 7) is -0.213. The van der Waals surface area contributed by atoms with Crippen molar-refractivity contribution < 1.29 is 22.8 Å². The van der Waals surface area contributed by atoms with E-state index in [4.69, 9.17) is 0 Å². The molecular formula is C15H8F3NO2. The first kappa shape index (κ1) is 13.4. The molecule has 3 nitrogen and oxygen atoms in total. The summed E-state index contributed by atoms with van der Waals surface area (Å²) in [4.78, 5) is 24.8. The van der Waals surface area contributed by atoms with Crippen molar-refractivity contribution in [3.8, 4) is 0 Å². The van der Waals surface area contributed by atoms with Gasteiger partial charge in [0.2, 0.25) is 0 Å². The number of hydrogen-bond donors (Lipinski definition) is 0. The zero-order valence-electron chi connectivity index (χ0n) is 10.6. The van der Waals surface area contributed by atoms with E-state index in [9.17, 15) is 22.8 Å². The average Bonchev–Trinajstić information content (AvgIpc) is 2.70. The molecule has 0 bridgehead atoms. The topological polar surface area (TPSA) is 37.4 Å². The standard InChI is InChI=1S/C15H8F3NO2/c16-10-5-8(6-11(17)13(10)18)7-19-12-4-2-1-3-9(12)14(20)15(19)21/h1-6H,7H2. The third kappa shape index (κ3) is 2.08. The van der Waals surface area contributed by atoms with E-state index in [1.165, 1.54) is 6.07 Å². The fourth-order valence-electron chi connectivity index (χ4n) is 2.29. The van der Waals surface area contributed by atoms with Gasteiger partial charge in [0.1, 0.15) is 0 Å². The molecule has 21 heavy (non-hydrogen) atoms. The number of benzene rings is 2. The molecule has 0 aromatic heterocycles. The Labute approximate surface area is 117 Å². The summed E-state index contributed by atoms with van der Waals surface area (Å²) >= 11 is 0.